The smallest absolute Gasteiger partial charge is 0.0213 e. The predicted octanol–water partition coefficient (Wildman–Crippen LogP) is 3.58. The number of aryl methyl sites for hydroxylation is 1. The van der Waals surface area contributed by atoms with Crippen LogP contribution in [-0.2, 0) is 0 Å². The summed E-state index contributed by atoms with van der Waals surface area (Å²) in [4.78, 5) is 0. The van der Waals surface area contributed by atoms with E-state index in [1.807, 2.05) is 19.1 Å². The summed E-state index contributed by atoms with van der Waals surface area (Å²) in [5.74, 6) is 0. The fourth-order valence-electron chi connectivity index (χ4n) is 0.662. The van der Waals surface area contributed by atoms with Crippen LogP contribution >= 0.6 is 31.9 Å². The first-order chi connectivity index (χ1) is 4.61. The number of rotatable bonds is 0. The van der Waals surface area contributed by atoms with E-state index in [-0.39, 0.29) is 0 Å². The second-order valence-corrected chi connectivity index (χ2v) is 3.83. The van der Waals surface area contributed by atoms with Gasteiger partial charge in [0.2, 0.25) is 0 Å². The van der Waals surface area contributed by atoms with Crippen molar-refractivity contribution >= 4 is 31.9 Å². The molecule has 0 saturated heterocycles. The fraction of sp³-hybridized carbons (Fsp3) is 0.125. The van der Waals surface area contributed by atoms with Crippen molar-refractivity contribution < 1.29 is 0 Å². The molecule has 2 radical (unpaired) electrons. The first-order valence-electron chi connectivity index (χ1n) is 2.82. The Morgan fingerprint density at radius 3 is 2.30 bits per heavy atom. The maximum Gasteiger partial charge on any atom is 0.0213 e. The molecule has 1 rings (SSSR count). The zero-order chi connectivity index (χ0) is 7.72. The number of hydrogen-bond acceptors (Lipinski definition) is 0. The van der Waals surface area contributed by atoms with Crippen molar-refractivity contribution in [3.05, 3.63) is 39.1 Å². The Hall–Kier alpha value is 0.180. The first-order valence-corrected chi connectivity index (χ1v) is 4.41. The third-order valence-electron chi connectivity index (χ3n) is 1.28. The van der Waals surface area contributed by atoms with Gasteiger partial charge in [-0.1, -0.05) is 31.9 Å². The first kappa shape index (κ1) is 8.28. The highest BCUT2D eigenvalue weighted by Crippen LogP contribution is 2.24. The van der Waals surface area contributed by atoms with E-state index in [1.165, 1.54) is 5.56 Å². The minimum Gasteiger partial charge on any atom is -0.0505 e. The van der Waals surface area contributed by atoms with Crippen molar-refractivity contribution in [2.75, 3.05) is 0 Å². The molecule has 0 saturated carbocycles. The van der Waals surface area contributed by atoms with E-state index in [0.29, 0.717) is 0 Å². The van der Waals surface area contributed by atoms with Crippen LogP contribution in [0.5, 0.6) is 0 Å². The van der Waals surface area contributed by atoms with Crippen molar-refractivity contribution in [3.8, 4) is 0 Å². The van der Waals surface area contributed by atoms with E-state index < -0.39 is 0 Å². The summed E-state index contributed by atoms with van der Waals surface area (Å²) in [7, 11) is 0. The van der Waals surface area contributed by atoms with Crippen LogP contribution in [0.15, 0.2) is 21.1 Å². The molecule has 1 aromatic carbocycles. The van der Waals surface area contributed by atoms with Crippen LogP contribution in [0.2, 0.25) is 0 Å². The topological polar surface area (TPSA) is 0 Å². The minimum absolute atomic E-state index is 0.762. The highest BCUT2D eigenvalue weighted by Gasteiger charge is 1.98. The van der Waals surface area contributed by atoms with Gasteiger partial charge in [0.1, 0.15) is 0 Å². The van der Waals surface area contributed by atoms with Crippen molar-refractivity contribution in [2.45, 2.75) is 6.92 Å². The zero-order valence-corrected chi connectivity index (χ0v) is 8.66. The molecule has 2 heteroatoms. The summed E-state index contributed by atoms with van der Waals surface area (Å²) in [5.41, 5.74) is 1.94. The quantitative estimate of drug-likeness (QED) is 0.670. The minimum atomic E-state index is 0.762. The molecule has 0 aliphatic heterocycles. The number of hydrogen-bond donors (Lipinski definition) is 0. The van der Waals surface area contributed by atoms with Gasteiger partial charge in [0.05, 0.1) is 0 Å². The van der Waals surface area contributed by atoms with Gasteiger partial charge in [0.25, 0.3) is 0 Å². The van der Waals surface area contributed by atoms with E-state index >= 15 is 0 Å². The lowest BCUT2D eigenvalue weighted by atomic mass is 10.2. The van der Waals surface area contributed by atoms with Crippen LogP contribution in [-0.4, -0.2) is 0 Å². The molecule has 0 aliphatic rings. The van der Waals surface area contributed by atoms with Crippen molar-refractivity contribution in [1.82, 2.24) is 0 Å². The summed E-state index contributed by atoms with van der Waals surface area (Å²) in [6, 6.07) is 3.87. The molecule has 10 heavy (non-hydrogen) atoms. The molecular weight excluding hydrogens is 256 g/mol. The molecule has 0 bridgehead atoms. The van der Waals surface area contributed by atoms with Crippen LogP contribution in [0.4, 0.5) is 0 Å². The third-order valence-corrected chi connectivity index (χ3v) is 2.82. The van der Waals surface area contributed by atoms with Crippen molar-refractivity contribution in [3.63, 3.8) is 0 Å². The van der Waals surface area contributed by atoms with Crippen LogP contribution in [0.25, 0.3) is 0 Å². The van der Waals surface area contributed by atoms with E-state index in [1.54, 1.807) is 0 Å². The number of halogens is 2. The van der Waals surface area contributed by atoms with E-state index in [4.69, 9.17) is 6.92 Å². The summed E-state index contributed by atoms with van der Waals surface area (Å²) in [6.07, 6.45) is 0. The van der Waals surface area contributed by atoms with Gasteiger partial charge in [-0.3, -0.25) is 0 Å². The summed E-state index contributed by atoms with van der Waals surface area (Å²) < 4.78 is 2.00. The molecule has 0 nitrogen and oxygen atoms in total. The SMILES string of the molecule is [CH]c1cc(Br)c(C)cc1Br. The average Bonchev–Trinajstić information content (AvgIpc) is 1.84. The molecular formula is C8H6Br2. The van der Waals surface area contributed by atoms with Gasteiger partial charge in [-0.2, -0.15) is 0 Å². The van der Waals surface area contributed by atoms with Gasteiger partial charge in [0, 0.05) is 15.9 Å². The average molecular weight is 262 g/mol. The van der Waals surface area contributed by atoms with Crippen molar-refractivity contribution in [1.29, 1.82) is 0 Å². The Morgan fingerprint density at radius 2 is 1.80 bits per heavy atom. The van der Waals surface area contributed by atoms with Gasteiger partial charge in [0.15, 0.2) is 0 Å². The Bertz CT molecular complexity index is 203. The summed E-state index contributed by atoms with van der Waals surface area (Å²) >= 11 is 6.71. The molecule has 0 N–H and O–H groups in total. The maximum atomic E-state index is 5.61. The number of benzene rings is 1. The van der Waals surface area contributed by atoms with E-state index in [0.717, 1.165) is 14.5 Å². The predicted molar refractivity (Wildman–Crippen MR) is 50.0 cm³/mol. The standard InChI is InChI=1S/C8H6Br2/c1-5-3-8(10)6(2)4-7(5)9/h1,3-4H,2H3. The largest absolute Gasteiger partial charge is 0.0505 e. The Kier molecular flexibility index (Phi) is 2.53. The fourth-order valence-corrected chi connectivity index (χ4v) is 1.48. The highest BCUT2D eigenvalue weighted by atomic mass is 79.9. The molecule has 0 unspecified atom stereocenters. The Morgan fingerprint density at radius 1 is 1.20 bits per heavy atom. The van der Waals surface area contributed by atoms with E-state index in [9.17, 15) is 0 Å². The van der Waals surface area contributed by atoms with Gasteiger partial charge in [-0.25, -0.2) is 0 Å². The van der Waals surface area contributed by atoms with Gasteiger partial charge in [-0.05, 0) is 30.2 Å². The van der Waals surface area contributed by atoms with Crippen LogP contribution in [0, 0.1) is 13.8 Å². The molecule has 1 aromatic rings. The molecule has 0 fully saturated rings. The summed E-state index contributed by atoms with van der Waals surface area (Å²) in [6.45, 7) is 7.63. The molecule has 0 atom stereocenters. The van der Waals surface area contributed by atoms with E-state index in [2.05, 4.69) is 31.9 Å². The molecule has 0 aromatic heterocycles. The van der Waals surface area contributed by atoms with Crippen LogP contribution in [0.3, 0.4) is 0 Å². The van der Waals surface area contributed by atoms with Gasteiger partial charge < -0.3 is 0 Å². The van der Waals surface area contributed by atoms with Crippen LogP contribution in [0.1, 0.15) is 11.1 Å². The molecule has 0 aliphatic carbocycles. The van der Waals surface area contributed by atoms with Gasteiger partial charge >= 0.3 is 0 Å². The lowest BCUT2D eigenvalue weighted by Gasteiger charge is -2.01. The Labute approximate surface area is 77.9 Å². The van der Waals surface area contributed by atoms with Gasteiger partial charge in [-0.15, -0.1) is 0 Å². The lowest BCUT2D eigenvalue weighted by molar-refractivity contribution is 1.39. The molecule has 0 spiro atoms. The second kappa shape index (κ2) is 3.05. The lowest BCUT2D eigenvalue weighted by Crippen LogP contribution is -1.79. The third kappa shape index (κ3) is 1.61. The molecule has 0 heterocycles. The normalized spacial score (nSPS) is 10.0. The summed E-state index contributed by atoms with van der Waals surface area (Å²) in [5, 5.41) is 0. The molecule has 0 amide bonds. The monoisotopic (exact) mass is 260 g/mol. The van der Waals surface area contributed by atoms with Crippen molar-refractivity contribution in [2.24, 2.45) is 0 Å². The van der Waals surface area contributed by atoms with Crippen LogP contribution < -0.4 is 0 Å². The Balaban J connectivity index is 3.28. The molecule has 52 valence electrons. The highest BCUT2D eigenvalue weighted by molar-refractivity contribution is 9.11. The second-order valence-electron chi connectivity index (χ2n) is 2.12. The zero-order valence-electron chi connectivity index (χ0n) is 5.49. The maximum absolute atomic E-state index is 5.61.